The van der Waals surface area contributed by atoms with Crippen molar-refractivity contribution in [3.05, 3.63) is 72.6 Å². The van der Waals surface area contributed by atoms with E-state index in [-0.39, 0.29) is 24.0 Å². The van der Waals surface area contributed by atoms with Crippen LogP contribution in [0.5, 0.6) is 17.4 Å². The van der Waals surface area contributed by atoms with Gasteiger partial charge in [0.2, 0.25) is 5.88 Å². The summed E-state index contributed by atoms with van der Waals surface area (Å²) in [6.07, 6.45) is 3.65. The first-order valence-electron chi connectivity index (χ1n) is 10.6. The average molecular weight is 560 g/mol. The molecule has 1 aromatic carbocycles. The molecule has 33 heavy (non-hydrogen) atoms. The maximum atomic E-state index is 5.81. The second kappa shape index (κ2) is 12.2. The number of rotatable bonds is 6. The summed E-state index contributed by atoms with van der Waals surface area (Å²) in [5.41, 5.74) is 1.05. The number of anilines is 1. The number of methoxy groups -OCH3 is 1. The Balaban J connectivity index is 0.00000306. The molecule has 0 spiro atoms. The molecule has 1 N–H and O–H groups in total. The first-order valence-corrected chi connectivity index (χ1v) is 10.6. The van der Waals surface area contributed by atoms with Crippen LogP contribution in [0.2, 0.25) is 0 Å². The molecule has 0 radical (unpaired) electrons. The van der Waals surface area contributed by atoms with E-state index in [1.807, 2.05) is 68.0 Å². The molecule has 1 aliphatic rings. The van der Waals surface area contributed by atoms with E-state index in [9.17, 15) is 0 Å². The lowest BCUT2D eigenvalue weighted by Gasteiger charge is -2.37. The number of guanidine groups is 1. The van der Waals surface area contributed by atoms with Crippen LogP contribution in [0.1, 0.15) is 5.56 Å². The summed E-state index contributed by atoms with van der Waals surface area (Å²) in [5.74, 6) is 3.89. The number of nitrogens with one attached hydrogen (secondary N) is 1. The Morgan fingerprint density at radius 2 is 1.82 bits per heavy atom. The molecule has 3 aromatic rings. The molecule has 0 unspecified atom stereocenters. The number of ether oxygens (including phenoxy) is 2. The predicted molar refractivity (Wildman–Crippen MR) is 141 cm³/mol. The fourth-order valence-corrected chi connectivity index (χ4v) is 3.56. The zero-order chi connectivity index (χ0) is 22.2. The van der Waals surface area contributed by atoms with Crippen molar-refractivity contribution in [1.29, 1.82) is 0 Å². The van der Waals surface area contributed by atoms with Crippen LogP contribution in [0.25, 0.3) is 0 Å². The number of aliphatic imine (C=N–C) groups is 1. The van der Waals surface area contributed by atoms with E-state index in [0.717, 1.165) is 49.3 Å². The Morgan fingerprint density at radius 1 is 1.00 bits per heavy atom. The van der Waals surface area contributed by atoms with Gasteiger partial charge >= 0.3 is 0 Å². The molecule has 9 heteroatoms. The largest absolute Gasteiger partial charge is 0.497 e. The Labute approximate surface area is 211 Å². The van der Waals surface area contributed by atoms with Gasteiger partial charge in [0, 0.05) is 64.3 Å². The van der Waals surface area contributed by atoms with Gasteiger partial charge < -0.3 is 24.6 Å². The van der Waals surface area contributed by atoms with E-state index in [1.54, 1.807) is 7.11 Å². The van der Waals surface area contributed by atoms with E-state index in [0.29, 0.717) is 18.2 Å². The van der Waals surface area contributed by atoms with E-state index in [2.05, 4.69) is 36.1 Å². The van der Waals surface area contributed by atoms with Crippen LogP contribution >= 0.6 is 24.0 Å². The molecule has 0 bridgehead atoms. The van der Waals surface area contributed by atoms with Gasteiger partial charge in [0.05, 0.1) is 7.11 Å². The molecule has 0 amide bonds. The first-order chi connectivity index (χ1) is 15.7. The molecule has 1 fully saturated rings. The van der Waals surface area contributed by atoms with Crippen molar-refractivity contribution in [2.24, 2.45) is 4.99 Å². The van der Waals surface area contributed by atoms with Crippen LogP contribution < -0.4 is 19.7 Å². The predicted octanol–water partition coefficient (Wildman–Crippen LogP) is 3.79. The fourth-order valence-electron chi connectivity index (χ4n) is 3.56. The highest BCUT2D eigenvalue weighted by atomic mass is 127. The summed E-state index contributed by atoms with van der Waals surface area (Å²) in [5, 5.41) is 3.44. The molecule has 0 aliphatic carbocycles. The third-order valence-electron chi connectivity index (χ3n) is 5.28. The molecular weight excluding hydrogens is 531 g/mol. The quantitative estimate of drug-likeness (QED) is 0.280. The van der Waals surface area contributed by atoms with E-state index >= 15 is 0 Å². The zero-order valence-electron chi connectivity index (χ0n) is 18.8. The smallest absolute Gasteiger partial charge is 0.219 e. The maximum Gasteiger partial charge on any atom is 0.219 e. The monoisotopic (exact) mass is 560 g/mol. The van der Waals surface area contributed by atoms with Crippen molar-refractivity contribution in [1.82, 2.24) is 20.2 Å². The van der Waals surface area contributed by atoms with Crippen molar-refractivity contribution < 1.29 is 9.47 Å². The van der Waals surface area contributed by atoms with Gasteiger partial charge in [-0.15, -0.1) is 24.0 Å². The lowest BCUT2D eigenvalue weighted by Crippen LogP contribution is -2.52. The third-order valence-corrected chi connectivity index (χ3v) is 5.28. The molecular formula is C24H29IN6O2. The minimum Gasteiger partial charge on any atom is -0.497 e. The molecule has 8 nitrogen and oxygen atoms in total. The van der Waals surface area contributed by atoms with Crippen LogP contribution in [0, 0.1) is 0 Å². The Kier molecular flexibility index (Phi) is 9.11. The Hall–Kier alpha value is -3.08. The summed E-state index contributed by atoms with van der Waals surface area (Å²) in [6, 6.07) is 17.3. The van der Waals surface area contributed by atoms with Crippen molar-refractivity contribution in [3.63, 3.8) is 0 Å². The number of nitrogens with zero attached hydrogens (tertiary/aromatic N) is 5. The van der Waals surface area contributed by atoms with Gasteiger partial charge in [0.1, 0.15) is 17.3 Å². The normalized spacial score (nSPS) is 13.8. The number of hydrogen-bond donors (Lipinski definition) is 1. The van der Waals surface area contributed by atoms with Gasteiger partial charge in [-0.25, -0.2) is 9.97 Å². The number of hydrogen-bond acceptors (Lipinski definition) is 6. The van der Waals surface area contributed by atoms with Crippen LogP contribution in [0.15, 0.2) is 72.0 Å². The van der Waals surface area contributed by atoms with Crippen LogP contribution in [-0.4, -0.2) is 61.2 Å². The van der Waals surface area contributed by atoms with Gasteiger partial charge in [-0.05, 0) is 29.8 Å². The lowest BCUT2D eigenvalue weighted by molar-refractivity contribution is 0.371. The molecule has 2 aromatic heterocycles. The van der Waals surface area contributed by atoms with Gasteiger partial charge in [0.15, 0.2) is 5.96 Å². The summed E-state index contributed by atoms with van der Waals surface area (Å²) >= 11 is 0. The zero-order valence-corrected chi connectivity index (χ0v) is 21.2. The number of pyridine rings is 2. The van der Waals surface area contributed by atoms with Crippen LogP contribution in [0.3, 0.4) is 0 Å². The average Bonchev–Trinajstić information content (AvgIpc) is 2.86. The van der Waals surface area contributed by atoms with Crippen LogP contribution in [-0.2, 0) is 6.54 Å². The van der Waals surface area contributed by atoms with Gasteiger partial charge in [0.25, 0.3) is 0 Å². The van der Waals surface area contributed by atoms with E-state index in [1.165, 1.54) is 0 Å². The molecule has 0 saturated carbocycles. The molecule has 4 rings (SSSR count). The van der Waals surface area contributed by atoms with Crippen molar-refractivity contribution in [2.75, 3.05) is 45.2 Å². The van der Waals surface area contributed by atoms with Gasteiger partial charge in [-0.1, -0.05) is 18.2 Å². The minimum absolute atomic E-state index is 0. The Bertz CT molecular complexity index is 1020. The summed E-state index contributed by atoms with van der Waals surface area (Å²) in [6.45, 7) is 4.24. The number of halogens is 1. The summed E-state index contributed by atoms with van der Waals surface area (Å²) < 4.78 is 11.0. The minimum atomic E-state index is 0. The fraction of sp³-hybridized carbons (Fsp3) is 0.292. The van der Waals surface area contributed by atoms with Crippen molar-refractivity contribution in [3.8, 4) is 17.4 Å². The summed E-state index contributed by atoms with van der Waals surface area (Å²) in [4.78, 5) is 17.9. The standard InChI is InChI=1S/C24H28N6O2.HI/c1-25-24(30-14-12-29(13-15-30)22-8-3-4-11-26-22)28-18-19-9-10-23(27-17-19)32-21-7-5-6-20(16-21)31-2;/h3-11,16-17H,12-15,18H2,1-2H3,(H,25,28);1H. The third kappa shape index (κ3) is 6.70. The van der Waals surface area contributed by atoms with Crippen LogP contribution in [0.4, 0.5) is 5.82 Å². The number of aromatic nitrogens is 2. The molecule has 174 valence electrons. The topological polar surface area (TPSA) is 75.1 Å². The van der Waals surface area contributed by atoms with E-state index in [4.69, 9.17) is 9.47 Å². The maximum absolute atomic E-state index is 5.81. The number of piperazine rings is 1. The summed E-state index contributed by atoms with van der Waals surface area (Å²) in [7, 11) is 3.45. The van der Waals surface area contributed by atoms with E-state index < -0.39 is 0 Å². The SMILES string of the molecule is CN=C(NCc1ccc(Oc2cccc(OC)c2)nc1)N1CCN(c2ccccn2)CC1.I. The lowest BCUT2D eigenvalue weighted by atomic mass is 10.3. The second-order valence-electron chi connectivity index (χ2n) is 7.35. The molecule has 1 aliphatic heterocycles. The Morgan fingerprint density at radius 3 is 2.48 bits per heavy atom. The highest BCUT2D eigenvalue weighted by Gasteiger charge is 2.20. The molecule has 3 heterocycles. The molecule has 1 saturated heterocycles. The van der Waals surface area contributed by atoms with Crippen molar-refractivity contribution in [2.45, 2.75) is 6.54 Å². The first kappa shape index (κ1) is 24.6. The molecule has 0 atom stereocenters. The highest BCUT2D eigenvalue weighted by molar-refractivity contribution is 14.0. The van der Waals surface area contributed by atoms with Gasteiger partial charge in [-0.3, -0.25) is 4.99 Å². The number of benzene rings is 1. The second-order valence-corrected chi connectivity index (χ2v) is 7.35. The van der Waals surface area contributed by atoms with Crippen molar-refractivity contribution >= 4 is 35.8 Å². The van der Waals surface area contributed by atoms with Gasteiger partial charge in [-0.2, -0.15) is 0 Å². The highest BCUT2D eigenvalue weighted by Crippen LogP contribution is 2.23.